The summed E-state index contributed by atoms with van der Waals surface area (Å²) in [5.41, 5.74) is 0. The van der Waals surface area contributed by atoms with Crippen molar-refractivity contribution in [2.75, 3.05) is 0 Å². The van der Waals surface area contributed by atoms with Gasteiger partial charge in [-0.3, -0.25) is 0 Å². The maximum absolute atomic E-state index is 2.27. The van der Waals surface area contributed by atoms with Gasteiger partial charge in [-0.1, -0.05) is 118 Å². The van der Waals surface area contributed by atoms with Crippen LogP contribution in [-0.2, 0) is 19.5 Å². The van der Waals surface area contributed by atoms with Crippen LogP contribution in [0.25, 0.3) is 0 Å². The van der Waals surface area contributed by atoms with E-state index < -0.39 is 0 Å². The average molecular weight is 650 g/mol. The van der Waals surface area contributed by atoms with Gasteiger partial charge >= 0.3 is 0 Å². The smallest absolute Gasteiger partial charge is 0.0379 e. The molecule has 0 aliphatic carbocycles. The minimum absolute atomic E-state index is 0. The molecule has 0 aliphatic heterocycles. The van der Waals surface area contributed by atoms with Crippen molar-refractivity contribution >= 4 is 88.0 Å². The van der Waals surface area contributed by atoms with Crippen molar-refractivity contribution in [1.82, 2.24) is 0 Å². The zero-order valence-corrected chi connectivity index (χ0v) is 35.9. The van der Waals surface area contributed by atoms with Gasteiger partial charge in [-0.05, 0) is 0 Å². The molecule has 0 saturated carbocycles. The van der Waals surface area contributed by atoms with Crippen molar-refractivity contribution in [1.29, 1.82) is 0 Å². The fourth-order valence-electron chi connectivity index (χ4n) is 0. The van der Waals surface area contributed by atoms with Crippen LogP contribution in [0, 0.1) is 0 Å². The van der Waals surface area contributed by atoms with Crippen LogP contribution in [0.3, 0.4) is 0 Å². The second-order valence-electron chi connectivity index (χ2n) is 9.00. The van der Waals surface area contributed by atoms with Gasteiger partial charge in [0.15, 0.2) is 0 Å². The van der Waals surface area contributed by atoms with Gasteiger partial charge in [0.1, 0.15) is 0 Å². The molecule has 0 nitrogen and oxygen atoms in total. The monoisotopic (exact) mass is 650 g/mol. The summed E-state index contributed by atoms with van der Waals surface area (Å²) in [4.78, 5) is 0. The maximum Gasteiger partial charge on any atom is 0.0379 e. The number of hydrogen-bond donors (Lipinski definition) is 0. The summed E-state index contributed by atoms with van der Waals surface area (Å²) in [7, 11) is 0.722. The van der Waals surface area contributed by atoms with Crippen LogP contribution in [0.4, 0.5) is 0 Å². The molecular weight excluding hydrogens is 595 g/mol. The fourth-order valence-corrected chi connectivity index (χ4v) is 0. The van der Waals surface area contributed by atoms with Crippen LogP contribution >= 0.6 is 0 Å². The van der Waals surface area contributed by atoms with Crippen molar-refractivity contribution < 1.29 is 19.5 Å². The molecular formula is C18H54Ge2Si6Zn. The van der Waals surface area contributed by atoms with Crippen molar-refractivity contribution in [3.05, 3.63) is 0 Å². The molecule has 0 amide bonds. The first-order chi connectivity index (χ1) is 10.4. The van der Waals surface area contributed by atoms with Gasteiger partial charge in [0.25, 0.3) is 0 Å². The number of hydrogen-bond acceptors (Lipinski definition) is 0. The largest absolute Gasteiger partial charge is 0.0715 e. The molecule has 0 fully saturated rings. The molecule has 0 spiro atoms. The van der Waals surface area contributed by atoms with Gasteiger partial charge in [-0.2, -0.15) is 0 Å². The van der Waals surface area contributed by atoms with Crippen molar-refractivity contribution in [3.63, 3.8) is 0 Å². The molecule has 0 unspecified atom stereocenters. The maximum atomic E-state index is 2.27. The van der Waals surface area contributed by atoms with Gasteiger partial charge < -0.3 is 0 Å². The third-order valence-corrected chi connectivity index (χ3v) is 0. The predicted molar refractivity (Wildman–Crippen MR) is 152 cm³/mol. The van der Waals surface area contributed by atoms with Crippen LogP contribution in [0.2, 0.25) is 118 Å². The van der Waals surface area contributed by atoms with Crippen LogP contribution in [0.15, 0.2) is 0 Å². The molecule has 0 atom stereocenters. The zero-order chi connectivity index (χ0) is 21.5. The predicted octanol–water partition coefficient (Wildman–Crippen LogP) is 7.46. The number of rotatable bonds is 0. The summed E-state index contributed by atoms with van der Waals surface area (Å²) in [6.07, 6.45) is 0. The van der Waals surface area contributed by atoms with E-state index in [1.54, 1.807) is 0 Å². The zero-order valence-electron chi connectivity index (χ0n) is 22.7. The van der Waals surface area contributed by atoms with E-state index in [2.05, 4.69) is 118 Å². The second kappa shape index (κ2) is 51.6. The Balaban J connectivity index is -0.0000000201. The van der Waals surface area contributed by atoms with E-state index in [0.29, 0.717) is 0 Å². The second-order valence-corrected chi connectivity index (χ2v) is 27.0. The molecule has 0 heterocycles. The summed E-state index contributed by atoms with van der Waals surface area (Å²) in [6.45, 7) is 40.8. The molecule has 0 N–H and O–H groups in total. The van der Waals surface area contributed by atoms with Crippen LogP contribution in [0.5, 0.6) is 0 Å². The third-order valence-electron chi connectivity index (χ3n) is 0. The van der Waals surface area contributed by atoms with E-state index in [0.717, 1.165) is 0 Å². The van der Waals surface area contributed by atoms with Crippen LogP contribution < -0.4 is 0 Å². The van der Waals surface area contributed by atoms with Crippen molar-refractivity contribution in [2.45, 2.75) is 118 Å². The molecule has 0 saturated heterocycles. The van der Waals surface area contributed by atoms with Crippen LogP contribution in [0.1, 0.15) is 0 Å². The van der Waals surface area contributed by atoms with E-state index >= 15 is 0 Å². The third kappa shape index (κ3) is 2340. The Labute approximate surface area is 223 Å². The van der Waals surface area contributed by atoms with E-state index in [1.165, 1.54) is 0 Å². The molecule has 14 radical (unpaired) electrons. The first kappa shape index (κ1) is 57.2. The Morgan fingerprint density at radius 2 is 0.222 bits per heavy atom. The Bertz CT molecular complexity index is 111. The average Bonchev–Trinajstić information content (AvgIpc) is 2.08. The van der Waals surface area contributed by atoms with E-state index in [9.17, 15) is 0 Å². The first-order valence-corrected chi connectivity index (χ1v) is 27.0. The molecule has 160 valence electrons. The normalized spacial score (nSPS) is 8.00. The summed E-state index contributed by atoms with van der Waals surface area (Å²) >= 11 is 0. The summed E-state index contributed by atoms with van der Waals surface area (Å²) in [5.74, 6) is 0. The minimum atomic E-state index is 0. The molecule has 9 heteroatoms. The van der Waals surface area contributed by atoms with Gasteiger partial charge in [0.05, 0.1) is 0 Å². The van der Waals surface area contributed by atoms with Gasteiger partial charge in [-0.25, -0.2) is 0 Å². The van der Waals surface area contributed by atoms with E-state index in [4.69, 9.17) is 0 Å². The molecule has 0 aliphatic rings. The summed E-state index contributed by atoms with van der Waals surface area (Å²) < 4.78 is 0. The van der Waals surface area contributed by atoms with Crippen LogP contribution in [-0.4, -0.2) is 88.0 Å². The Kier molecular flexibility index (Phi) is 109. The summed E-state index contributed by atoms with van der Waals surface area (Å²) in [6, 6.07) is 0. The SMILES string of the molecule is C[Si](C)C.C[Si](C)C.C[Si](C)C.C[Si](C)C.C[Si](C)C.C[Si](C)C.[Ge].[Ge].[Zn]. The minimum Gasteiger partial charge on any atom is -0.0715 e. The van der Waals surface area contributed by atoms with Gasteiger partial charge in [0.2, 0.25) is 0 Å². The standard InChI is InChI=1S/6C3H9Si.2Ge.Zn/c6*1-4(2)3;;;/h6*1-3H3;;;. The molecule has 27 heavy (non-hydrogen) atoms. The Morgan fingerprint density at radius 3 is 0.222 bits per heavy atom. The van der Waals surface area contributed by atoms with E-state index in [-0.39, 0.29) is 107 Å². The Morgan fingerprint density at radius 1 is 0.222 bits per heavy atom. The van der Waals surface area contributed by atoms with Gasteiger partial charge in [-0.15, -0.1) is 0 Å². The molecule has 0 rings (SSSR count). The molecule has 0 aromatic rings. The molecule has 0 aromatic heterocycles. The van der Waals surface area contributed by atoms with E-state index in [1.807, 2.05) is 0 Å². The van der Waals surface area contributed by atoms with Gasteiger partial charge in [0, 0.05) is 107 Å². The Hall–Kier alpha value is 3.01. The van der Waals surface area contributed by atoms with Crippen molar-refractivity contribution in [3.8, 4) is 0 Å². The molecule has 0 aromatic carbocycles. The molecule has 0 bridgehead atoms. The topological polar surface area (TPSA) is 0 Å². The summed E-state index contributed by atoms with van der Waals surface area (Å²) in [5, 5.41) is 0. The fraction of sp³-hybridized carbons (Fsp3) is 1.00. The van der Waals surface area contributed by atoms with Crippen molar-refractivity contribution in [2.24, 2.45) is 0 Å². The quantitative estimate of drug-likeness (QED) is 0.239. The first-order valence-electron chi connectivity index (χ1n) is 9.00.